The molecule has 2 aliphatic rings. The minimum Gasteiger partial charge on any atom is -0.390 e. The Bertz CT molecular complexity index is 1020. The van der Waals surface area contributed by atoms with Crippen LogP contribution in [0.3, 0.4) is 0 Å². The molecule has 0 amide bonds. The van der Waals surface area contributed by atoms with E-state index in [1.165, 1.54) is 22.4 Å². The van der Waals surface area contributed by atoms with Gasteiger partial charge in [-0.05, 0) is 30.2 Å². The lowest BCUT2D eigenvalue weighted by atomic mass is 9.86. The molecule has 2 aromatic rings. The third-order valence-electron chi connectivity index (χ3n) is 6.82. The largest absolute Gasteiger partial charge is 0.390 e. The molecule has 0 spiro atoms. The van der Waals surface area contributed by atoms with Crippen LogP contribution < -0.4 is 4.57 Å². The molecule has 32 heavy (non-hydrogen) atoms. The summed E-state index contributed by atoms with van der Waals surface area (Å²) in [6.07, 6.45) is 11.3. The van der Waals surface area contributed by atoms with Crippen LogP contribution in [0, 0.1) is 12.8 Å². The number of anilines is 1. The molecule has 4 rings (SSSR count). The molecule has 2 aromatic carbocycles. The number of hydrogen-bond donors (Lipinski definition) is 0. The van der Waals surface area contributed by atoms with Crippen molar-refractivity contribution in [3.05, 3.63) is 102 Å². The van der Waals surface area contributed by atoms with E-state index in [1.54, 1.807) is 0 Å². The van der Waals surface area contributed by atoms with Crippen LogP contribution in [0.2, 0.25) is 10.1 Å². The molecule has 0 aromatic heterocycles. The third-order valence-corrected chi connectivity index (χ3v) is 12.5. The third kappa shape index (κ3) is 3.82. The van der Waals surface area contributed by atoms with Crippen molar-refractivity contribution in [1.29, 1.82) is 0 Å². The van der Waals surface area contributed by atoms with Gasteiger partial charge in [0, 0.05) is 27.9 Å². The van der Waals surface area contributed by atoms with E-state index >= 15 is 0 Å². The van der Waals surface area contributed by atoms with Crippen molar-refractivity contribution in [2.24, 2.45) is 5.92 Å². The maximum atomic E-state index is 7.61. The van der Waals surface area contributed by atoms with Gasteiger partial charge >= 0.3 is 8.48 Å². The summed E-state index contributed by atoms with van der Waals surface area (Å²) >= 11 is 0. The minimum absolute atomic E-state index is 0.0239. The monoisotopic (exact) mass is 443 g/mol. The van der Waals surface area contributed by atoms with Gasteiger partial charge in [-0.3, -0.25) is 0 Å². The van der Waals surface area contributed by atoms with Gasteiger partial charge in [-0.15, -0.1) is 0 Å². The number of rotatable bonds is 2. The molecule has 0 unspecified atom stereocenters. The number of fused-ring (bicyclic) bond motifs is 1. The number of benzene rings is 2. The molecule has 2 atom stereocenters. The molecule has 0 saturated carbocycles. The Morgan fingerprint density at radius 1 is 0.812 bits per heavy atom. The molecule has 0 N–H and O–H groups in total. The van der Waals surface area contributed by atoms with E-state index in [0.717, 1.165) is 0 Å². The molecule has 1 aliphatic carbocycles. The van der Waals surface area contributed by atoms with Crippen LogP contribution in [0.1, 0.15) is 58.8 Å². The molecule has 2 nitrogen and oxygen atoms in total. The summed E-state index contributed by atoms with van der Waals surface area (Å²) < 4.78 is 10.2. The van der Waals surface area contributed by atoms with E-state index in [4.69, 9.17) is 4.43 Å². The maximum Gasteiger partial charge on any atom is 0.316 e. The van der Waals surface area contributed by atoms with Gasteiger partial charge < -0.3 is 8.99 Å². The first-order chi connectivity index (χ1) is 15.0. The smallest absolute Gasteiger partial charge is 0.316 e. The van der Waals surface area contributed by atoms with Crippen LogP contribution >= 0.6 is 0 Å². The highest BCUT2D eigenvalue weighted by atomic mass is 28.4. The minimum atomic E-state index is -2.67. The molecule has 3 heteroatoms. The van der Waals surface area contributed by atoms with Crippen molar-refractivity contribution in [1.82, 2.24) is 0 Å². The summed E-state index contributed by atoms with van der Waals surface area (Å²) in [6.45, 7) is 16.4. The van der Waals surface area contributed by atoms with Gasteiger partial charge in [-0.25, -0.2) is 0 Å². The lowest BCUT2D eigenvalue weighted by Crippen LogP contribution is -2.66. The Labute approximate surface area is 195 Å². The molecule has 168 valence electrons. The van der Waals surface area contributed by atoms with E-state index in [-0.39, 0.29) is 22.1 Å². The SMILES string of the molecule is Cc1ccc(N2C=C3C=CC=C[C@H]3[C@@H](c3ccccc3)O[Si]2(C(C)(C)C)C(C)(C)C)cc1. The highest BCUT2D eigenvalue weighted by Gasteiger charge is 2.62. The fourth-order valence-corrected chi connectivity index (χ4v) is 11.6. The summed E-state index contributed by atoms with van der Waals surface area (Å²) in [5, 5.41) is -0.0811. The van der Waals surface area contributed by atoms with Crippen molar-refractivity contribution in [2.75, 3.05) is 4.57 Å². The maximum absolute atomic E-state index is 7.61. The first-order valence-corrected chi connectivity index (χ1v) is 13.6. The Kier molecular flexibility index (Phi) is 5.85. The zero-order valence-corrected chi connectivity index (χ0v) is 21.6. The normalized spacial score (nSPS) is 22.8. The average molecular weight is 444 g/mol. The quantitative estimate of drug-likeness (QED) is 0.433. The molecule has 0 saturated heterocycles. The standard InChI is InChI=1S/C29H37NOSi/c1-22-17-19-25(20-18-22)30-21-24-15-11-12-16-26(24)27(23-13-9-8-10-14-23)31-32(30,28(2,3)4)29(5,6)7/h8-21,26-27H,1-7H3/t26-,27-/m1/s1. The zero-order valence-electron chi connectivity index (χ0n) is 20.6. The van der Waals surface area contributed by atoms with Crippen LogP contribution in [0.25, 0.3) is 0 Å². The van der Waals surface area contributed by atoms with E-state index in [2.05, 4.69) is 138 Å². The van der Waals surface area contributed by atoms with Crippen molar-refractivity contribution < 1.29 is 4.43 Å². The van der Waals surface area contributed by atoms with Crippen LogP contribution in [0.15, 0.2) is 90.7 Å². The Balaban J connectivity index is 2.02. The first-order valence-electron chi connectivity index (χ1n) is 11.7. The predicted octanol–water partition coefficient (Wildman–Crippen LogP) is 8.24. The average Bonchev–Trinajstić information content (AvgIpc) is 2.90. The summed E-state index contributed by atoms with van der Waals surface area (Å²) in [7, 11) is -2.67. The van der Waals surface area contributed by atoms with Crippen molar-refractivity contribution in [3.8, 4) is 0 Å². The predicted molar refractivity (Wildman–Crippen MR) is 139 cm³/mol. The van der Waals surface area contributed by atoms with E-state index < -0.39 is 8.48 Å². The lowest BCUT2D eigenvalue weighted by Gasteiger charge is -2.56. The van der Waals surface area contributed by atoms with Gasteiger partial charge in [-0.1, -0.05) is 114 Å². The highest BCUT2D eigenvalue weighted by Crippen LogP contribution is 2.58. The van der Waals surface area contributed by atoms with Crippen LogP contribution in [0.5, 0.6) is 0 Å². The summed E-state index contributed by atoms with van der Waals surface area (Å²) in [6, 6.07) is 19.7. The second-order valence-corrected chi connectivity index (χ2v) is 16.2. The van der Waals surface area contributed by atoms with Crippen molar-refractivity contribution in [2.45, 2.75) is 64.6 Å². The summed E-state index contributed by atoms with van der Waals surface area (Å²) in [5.41, 5.74) is 5.05. The lowest BCUT2D eigenvalue weighted by molar-refractivity contribution is 0.141. The second-order valence-electron chi connectivity index (χ2n) is 11.2. The Hall–Kier alpha value is -2.36. The molecular formula is C29H37NOSi. The highest BCUT2D eigenvalue weighted by molar-refractivity contribution is 6.83. The fraction of sp³-hybridized carbons (Fsp3) is 0.379. The van der Waals surface area contributed by atoms with Crippen LogP contribution in [-0.4, -0.2) is 8.48 Å². The molecule has 0 fully saturated rings. The number of allylic oxidation sites excluding steroid dienone is 3. The Morgan fingerprint density at radius 3 is 2.03 bits per heavy atom. The van der Waals surface area contributed by atoms with E-state index in [0.29, 0.717) is 0 Å². The van der Waals surface area contributed by atoms with Crippen LogP contribution in [0.4, 0.5) is 5.69 Å². The molecule has 1 heterocycles. The fourth-order valence-electron chi connectivity index (χ4n) is 5.61. The zero-order chi connectivity index (χ0) is 23.1. The van der Waals surface area contributed by atoms with Crippen LogP contribution in [-0.2, 0) is 4.43 Å². The molecular weight excluding hydrogens is 406 g/mol. The number of aryl methyl sites for hydroxylation is 1. The van der Waals surface area contributed by atoms with E-state index in [1.807, 2.05) is 0 Å². The number of hydrogen-bond acceptors (Lipinski definition) is 2. The van der Waals surface area contributed by atoms with Crippen molar-refractivity contribution >= 4 is 14.2 Å². The molecule has 1 aliphatic heterocycles. The number of nitrogens with zero attached hydrogens (tertiary/aromatic N) is 1. The first kappa shape index (κ1) is 22.8. The van der Waals surface area contributed by atoms with E-state index in [9.17, 15) is 0 Å². The Morgan fingerprint density at radius 2 is 1.44 bits per heavy atom. The van der Waals surface area contributed by atoms with Gasteiger partial charge in [0.2, 0.25) is 0 Å². The molecule has 0 bridgehead atoms. The second kappa shape index (κ2) is 8.20. The van der Waals surface area contributed by atoms with Gasteiger partial charge in [-0.2, -0.15) is 0 Å². The molecule has 0 radical (unpaired) electrons. The van der Waals surface area contributed by atoms with Gasteiger partial charge in [0.15, 0.2) is 0 Å². The van der Waals surface area contributed by atoms with Gasteiger partial charge in [0.05, 0.1) is 6.10 Å². The summed E-state index contributed by atoms with van der Waals surface area (Å²) in [5.74, 6) is 0.189. The van der Waals surface area contributed by atoms with Crippen molar-refractivity contribution in [3.63, 3.8) is 0 Å². The summed E-state index contributed by atoms with van der Waals surface area (Å²) in [4.78, 5) is 0. The topological polar surface area (TPSA) is 12.5 Å². The van der Waals surface area contributed by atoms with Gasteiger partial charge in [0.25, 0.3) is 0 Å². The van der Waals surface area contributed by atoms with Gasteiger partial charge in [0.1, 0.15) is 0 Å².